The van der Waals surface area contributed by atoms with Crippen LogP contribution in [0.4, 0.5) is 0 Å². The van der Waals surface area contributed by atoms with Crippen molar-refractivity contribution in [2.75, 3.05) is 26.7 Å². The van der Waals surface area contributed by atoms with Crippen LogP contribution in [0.3, 0.4) is 0 Å². The summed E-state index contributed by atoms with van der Waals surface area (Å²) in [7, 11) is 1.77. The molecule has 25 heavy (non-hydrogen) atoms. The lowest BCUT2D eigenvalue weighted by atomic mass is 10.0. The Balaban J connectivity index is 1.63. The third-order valence-corrected chi connectivity index (χ3v) is 4.71. The third kappa shape index (κ3) is 6.74. The predicted octanol–water partition coefficient (Wildman–Crippen LogP) is 3.36. The van der Waals surface area contributed by atoms with E-state index in [1.807, 2.05) is 18.3 Å². The monoisotopic (exact) mass is 360 g/mol. The van der Waals surface area contributed by atoms with E-state index in [0.717, 1.165) is 29.7 Å². The van der Waals surface area contributed by atoms with E-state index in [2.05, 4.69) is 53.5 Å². The van der Waals surface area contributed by atoms with E-state index >= 15 is 0 Å². The minimum absolute atomic E-state index is 0.540. The number of guanidine groups is 1. The largest absolute Gasteiger partial charge is 0.492 e. The molecule has 0 saturated carbocycles. The zero-order valence-corrected chi connectivity index (χ0v) is 16.3. The second-order valence-electron chi connectivity index (χ2n) is 6.11. The van der Waals surface area contributed by atoms with Gasteiger partial charge in [0.25, 0.3) is 0 Å². The Morgan fingerprint density at radius 2 is 1.92 bits per heavy atom. The van der Waals surface area contributed by atoms with Crippen molar-refractivity contribution in [3.05, 3.63) is 45.9 Å². The molecule has 5 nitrogen and oxygen atoms in total. The molecule has 0 amide bonds. The predicted molar refractivity (Wildman–Crippen MR) is 106 cm³/mol. The number of thiazole rings is 1. The molecule has 0 saturated heterocycles. The average Bonchev–Trinajstić information content (AvgIpc) is 3.02. The first kappa shape index (κ1) is 19.2. The molecule has 0 aliphatic rings. The number of nitrogens with zero attached hydrogens (tertiary/aromatic N) is 2. The van der Waals surface area contributed by atoms with Gasteiger partial charge in [0.2, 0.25) is 0 Å². The van der Waals surface area contributed by atoms with Gasteiger partial charge in [-0.3, -0.25) is 4.99 Å². The Labute approximate surface area is 154 Å². The van der Waals surface area contributed by atoms with Gasteiger partial charge in [-0.2, -0.15) is 0 Å². The molecule has 0 aliphatic carbocycles. The highest BCUT2D eigenvalue weighted by Gasteiger charge is 2.02. The van der Waals surface area contributed by atoms with E-state index in [1.165, 1.54) is 10.4 Å². The molecule has 6 heteroatoms. The molecule has 0 radical (unpaired) electrons. The van der Waals surface area contributed by atoms with Crippen molar-refractivity contribution in [1.29, 1.82) is 0 Å². The summed E-state index contributed by atoms with van der Waals surface area (Å²) in [5, 5.41) is 7.70. The maximum atomic E-state index is 5.76. The number of ether oxygens (including phenoxy) is 1. The summed E-state index contributed by atoms with van der Waals surface area (Å²) in [6.07, 6.45) is 2.82. The minimum Gasteiger partial charge on any atom is -0.492 e. The SMILES string of the molecule is CN=C(NCCOc1ccc(C(C)C)cc1)NCCc1ncc(C)s1. The highest BCUT2D eigenvalue weighted by atomic mass is 32.1. The van der Waals surface area contributed by atoms with Gasteiger partial charge in [-0.15, -0.1) is 11.3 Å². The van der Waals surface area contributed by atoms with Crippen LogP contribution in [0, 0.1) is 6.92 Å². The number of hydrogen-bond acceptors (Lipinski definition) is 4. The zero-order valence-electron chi connectivity index (χ0n) is 15.5. The summed E-state index contributed by atoms with van der Waals surface area (Å²) < 4.78 is 5.76. The molecule has 1 aromatic carbocycles. The highest BCUT2D eigenvalue weighted by Crippen LogP contribution is 2.18. The summed E-state index contributed by atoms with van der Waals surface area (Å²) in [6.45, 7) is 8.55. The Morgan fingerprint density at radius 3 is 2.52 bits per heavy atom. The molecule has 0 unspecified atom stereocenters. The second kappa shape index (κ2) is 10.0. The number of nitrogens with one attached hydrogen (secondary N) is 2. The van der Waals surface area contributed by atoms with Gasteiger partial charge in [0.05, 0.1) is 11.6 Å². The van der Waals surface area contributed by atoms with Crippen LogP contribution in [0.1, 0.15) is 35.2 Å². The number of rotatable bonds is 8. The van der Waals surface area contributed by atoms with Crippen molar-refractivity contribution in [2.45, 2.75) is 33.1 Å². The quantitative estimate of drug-likeness (QED) is 0.430. The van der Waals surface area contributed by atoms with Crippen LogP contribution in [0.25, 0.3) is 0 Å². The fourth-order valence-corrected chi connectivity index (χ4v) is 3.10. The summed E-state index contributed by atoms with van der Waals surface area (Å²) in [5.74, 6) is 2.22. The van der Waals surface area contributed by atoms with E-state index in [-0.39, 0.29) is 0 Å². The maximum absolute atomic E-state index is 5.76. The van der Waals surface area contributed by atoms with Gasteiger partial charge in [0, 0.05) is 31.1 Å². The molecule has 0 spiro atoms. The van der Waals surface area contributed by atoms with Gasteiger partial charge in [0.1, 0.15) is 12.4 Å². The third-order valence-electron chi connectivity index (χ3n) is 3.73. The van der Waals surface area contributed by atoms with Crippen molar-refractivity contribution in [2.24, 2.45) is 4.99 Å². The Kier molecular flexibility index (Phi) is 7.73. The van der Waals surface area contributed by atoms with Gasteiger partial charge in [0.15, 0.2) is 5.96 Å². The van der Waals surface area contributed by atoms with Crippen LogP contribution in [0.15, 0.2) is 35.5 Å². The molecule has 2 aromatic rings. The molecule has 136 valence electrons. The molecule has 1 heterocycles. The number of aryl methyl sites for hydroxylation is 1. The van der Waals surface area contributed by atoms with Crippen LogP contribution in [-0.2, 0) is 6.42 Å². The number of aliphatic imine (C=N–C) groups is 1. The molecule has 0 fully saturated rings. The summed E-state index contributed by atoms with van der Waals surface area (Å²) in [5.41, 5.74) is 1.32. The first-order chi connectivity index (χ1) is 12.1. The molecule has 0 aliphatic heterocycles. The van der Waals surface area contributed by atoms with E-state index in [9.17, 15) is 0 Å². The molecule has 2 rings (SSSR count). The van der Waals surface area contributed by atoms with Gasteiger partial charge < -0.3 is 15.4 Å². The summed E-state index contributed by atoms with van der Waals surface area (Å²) >= 11 is 1.74. The zero-order chi connectivity index (χ0) is 18.1. The van der Waals surface area contributed by atoms with Crippen LogP contribution < -0.4 is 15.4 Å². The van der Waals surface area contributed by atoms with Crippen LogP contribution >= 0.6 is 11.3 Å². The van der Waals surface area contributed by atoms with Crippen molar-refractivity contribution < 1.29 is 4.74 Å². The van der Waals surface area contributed by atoms with Gasteiger partial charge in [-0.05, 0) is 30.5 Å². The molecule has 1 aromatic heterocycles. The minimum atomic E-state index is 0.540. The normalized spacial score (nSPS) is 11.6. The van der Waals surface area contributed by atoms with Crippen molar-refractivity contribution in [1.82, 2.24) is 15.6 Å². The standard InChI is InChI=1S/C19H28N4OS/c1-14(2)16-5-7-17(8-6-16)24-12-11-22-19(20-4)21-10-9-18-23-13-15(3)25-18/h5-8,13-14H,9-12H2,1-4H3,(H2,20,21,22). The molecule has 0 bridgehead atoms. The average molecular weight is 361 g/mol. The lowest BCUT2D eigenvalue weighted by molar-refractivity contribution is 0.322. The van der Waals surface area contributed by atoms with Crippen LogP contribution in [0.2, 0.25) is 0 Å². The molecular weight excluding hydrogens is 332 g/mol. The first-order valence-corrected chi connectivity index (χ1v) is 9.48. The topological polar surface area (TPSA) is 58.5 Å². The Morgan fingerprint density at radius 1 is 1.20 bits per heavy atom. The van der Waals surface area contributed by atoms with Crippen LogP contribution in [0.5, 0.6) is 5.75 Å². The summed E-state index contributed by atoms with van der Waals surface area (Å²) in [6, 6.07) is 8.29. The molecule has 0 atom stereocenters. The van der Waals surface area contributed by atoms with Gasteiger partial charge in [-0.25, -0.2) is 4.98 Å². The van der Waals surface area contributed by atoms with Crippen molar-refractivity contribution in [3.8, 4) is 5.75 Å². The number of benzene rings is 1. The lowest BCUT2D eigenvalue weighted by Gasteiger charge is -2.12. The smallest absolute Gasteiger partial charge is 0.191 e. The van der Waals surface area contributed by atoms with E-state index in [4.69, 9.17) is 4.74 Å². The second-order valence-corrected chi connectivity index (χ2v) is 7.43. The Hall–Kier alpha value is -2.08. The number of aromatic nitrogens is 1. The van der Waals surface area contributed by atoms with Crippen LogP contribution in [-0.4, -0.2) is 37.7 Å². The maximum Gasteiger partial charge on any atom is 0.191 e. The van der Waals surface area contributed by atoms with Crippen molar-refractivity contribution in [3.63, 3.8) is 0 Å². The van der Waals surface area contributed by atoms with Gasteiger partial charge >= 0.3 is 0 Å². The highest BCUT2D eigenvalue weighted by molar-refractivity contribution is 7.11. The fourth-order valence-electron chi connectivity index (χ4n) is 2.31. The van der Waals surface area contributed by atoms with Crippen molar-refractivity contribution >= 4 is 17.3 Å². The fraction of sp³-hybridized carbons (Fsp3) is 0.474. The van der Waals surface area contributed by atoms with E-state index < -0.39 is 0 Å². The Bertz CT molecular complexity index is 664. The lowest BCUT2D eigenvalue weighted by Crippen LogP contribution is -2.40. The molecular formula is C19H28N4OS. The molecule has 2 N–H and O–H groups in total. The van der Waals surface area contributed by atoms with E-state index in [0.29, 0.717) is 19.1 Å². The summed E-state index contributed by atoms with van der Waals surface area (Å²) in [4.78, 5) is 9.83. The van der Waals surface area contributed by atoms with E-state index in [1.54, 1.807) is 18.4 Å². The van der Waals surface area contributed by atoms with Gasteiger partial charge in [-0.1, -0.05) is 26.0 Å². The first-order valence-electron chi connectivity index (χ1n) is 8.67. The number of hydrogen-bond donors (Lipinski definition) is 2.